The molecule has 0 atom stereocenters. The number of rotatable bonds is 2. The molecule has 0 unspecified atom stereocenters. The maximum Gasteiger partial charge on any atom is 0.323 e. The Morgan fingerprint density at radius 2 is 2.29 bits per heavy atom. The van der Waals surface area contributed by atoms with Crippen molar-refractivity contribution < 1.29 is 9.90 Å². The Morgan fingerprint density at radius 3 is 3.00 bits per heavy atom. The Morgan fingerprint density at radius 1 is 1.50 bits per heavy atom. The summed E-state index contributed by atoms with van der Waals surface area (Å²) in [6, 6.07) is 5.72. The van der Waals surface area contributed by atoms with Crippen molar-refractivity contribution >= 4 is 17.0 Å². The molecule has 0 aromatic carbocycles. The molecule has 0 fully saturated rings. The van der Waals surface area contributed by atoms with E-state index in [2.05, 4.69) is 4.98 Å². The molecule has 4 nitrogen and oxygen atoms in total. The number of hydrogen-bond donors (Lipinski definition) is 1. The van der Waals surface area contributed by atoms with Crippen LogP contribution in [0.2, 0.25) is 0 Å². The number of hydrogen-bond acceptors (Lipinski definition) is 2. The summed E-state index contributed by atoms with van der Waals surface area (Å²) in [5.74, 6) is -0.856. The van der Waals surface area contributed by atoms with Crippen molar-refractivity contribution in [3.8, 4) is 0 Å². The lowest BCUT2D eigenvalue weighted by Gasteiger charge is -2.00. The van der Waals surface area contributed by atoms with Gasteiger partial charge in [0.15, 0.2) is 0 Å². The van der Waals surface area contributed by atoms with Crippen LogP contribution in [0.3, 0.4) is 0 Å². The molecule has 2 heterocycles. The quantitative estimate of drug-likeness (QED) is 0.779. The van der Waals surface area contributed by atoms with Gasteiger partial charge >= 0.3 is 5.97 Å². The molecule has 0 aliphatic heterocycles. The van der Waals surface area contributed by atoms with Gasteiger partial charge in [-0.05, 0) is 25.1 Å². The van der Waals surface area contributed by atoms with Crippen LogP contribution in [0.5, 0.6) is 0 Å². The van der Waals surface area contributed by atoms with E-state index in [0.717, 1.165) is 16.7 Å². The predicted octanol–water partition coefficient (Wildman–Crippen LogP) is 1.43. The molecule has 0 radical (unpaired) electrons. The number of aryl methyl sites for hydroxylation is 1. The van der Waals surface area contributed by atoms with Gasteiger partial charge in [-0.2, -0.15) is 0 Å². The van der Waals surface area contributed by atoms with E-state index in [1.165, 1.54) is 0 Å². The molecule has 0 amide bonds. The first-order chi connectivity index (χ1) is 6.66. The molecular formula is C10H10N2O2. The summed E-state index contributed by atoms with van der Waals surface area (Å²) in [7, 11) is 0. The fourth-order valence-corrected chi connectivity index (χ4v) is 1.43. The minimum absolute atomic E-state index is 0.0417. The van der Waals surface area contributed by atoms with Crippen molar-refractivity contribution in [3.05, 3.63) is 30.1 Å². The highest BCUT2D eigenvalue weighted by Gasteiger charge is 2.05. The monoisotopic (exact) mass is 190 g/mol. The smallest absolute Gasteiger partial charge is 0.323 e. The lowest BCUT2D eigenvalue weighted by Crippen LogP contribution is -2.08. The van der Waals surface area contributed by atoms with Crippen molar-refractivity contribution in [1.82, 2.24) is 9.55 Å². The van der Waals surface area contributed by atoms with E-state index in [0.29, 0.717) is 0 Å². The zero-order chi connectivity index (χ0) is 10.1. The Bertz CT molecular complexity index is 488. The molecule has 4 heteroatoms. The molecule has 2 aromatic heterocycles. The number of carboxylic acids is 1. The van der Waals surface area contributed by atoms with Crippen LogP contribution < -0.4 is 0 Å². The first-order valence-electron chi connectivity index (χ1n) is 4.31. The summed E-state index contributed by atoms with van der Waals surface area (Å²) < 4.78 is 1.63. The van der Waals surface area contributed by atoms with Gasteiger partial charge in [-0.1, -0.05) is 0 Å². The molecule has 2 aromatic rings. The molecule has 0 aliphatic carbocycles. The van der Waals surface area contributed by atoms with Gasteiger partial charge in [-0.25, -0.2) is 4.98 Å². The predicted molar refractivity (Wildman–Crippen MR) is 52.1 cm³/mol. The van der Waals surface area contributed by atoms with Crippen LogP contribution >= 0.6 is 0 Å². The highest BCUT2D eigenvalue weighted by molar-refractivity contribution is 5.78. The molecule has 0 spiro atoms. The van der Waals surface area contributed by atoms with Gasteiger partial charge in [0.2, 0.25) is 0 Å². The molecule has 72 valence electrons. The summed E-state index contributed by atoms with van der Waals surface area (Å²) in [6.07, 6.45) is 1.74. The summed E-state index contributed by atoms with van der Waals surface area (Å²) >= 11 is 0. The minimum atomic E-state index is -0.856. The maximum atomic E-state index is 10.5. The fraction of sp³-hybridized carbons (Fsp3) is 0.200. The van der Waals surface area contributed by atoms with E-state index in [4.69, 9.17) is 5.11 Å². The van der Waals surface area contributed by atoms with Gasteiger partial charge < -0.3 is 9.67 Å². The lowest BCUT2D eigenvalue weighted by atomic mass is 10.3. The number of aliphatic carboxylic acids is 1. The Hall–Kier alpha value is -1.84. The molecule has 0 saturated heterocycles. The van der Waals surface area contributed by atoms with Crippen LogP contribution in [-0.4, -0.2) is 20.6 Å². The second-order valence-electron chi connectivity index (χ2n) is 3.20. The first-order valence-corrected chi connectivity index (χ1v) is 4.31. The molecule has 2 rings (SSSR count). The standard InChI is InChI=1S/C10H10N2O2/c1-7-2-3-8-4-5-12(6-9(13)14)10(8)11-7/h2-5H,6H2,1H3,(H,13,14). The summed E-state index contributed by atoms with van der Waals surface area (Å²) in [5.41, 5.74) is 1.62. The summed E-state index contributed by atoms with van der Waals surface area (Å²) in [6.45, 7) is 1.84. The Balaban J connectivity index is 2.55. The molecule has 1 N–H and O–H groups in total. The number of carbonyl (C=O) groups is 1. The molecule has 0 aliphatic rings. The van der Waals surface area contributed by atoms with Gasteiger partial charge in [0.25, 0.3) is 0 Å². The van der Waals surface area contributed by atoms with Crippen LogP contribution in [0.1, 0.15) is 5.69 Å². The van der Waals surface area contributed by atoms with Crippen molar-refractivity contribution in [3.63, 3.8) is 0 Å². The average molecular weight is 190 g/mol. The SMILES string of the molecule is Cc1ccc2ccn(CC(=O)O)c2n1. The fourth-order valence-electron chi connectivity index (χ4n) is 1.43. The maximum absolute atomic E-state index is 10.5. The second-order valence-corrected chi connectivity index (χ2v) is 3.20. The molecule has 0 saturated carbocycles. The van der Waals surface area contributed by atoms with Gasteiger partial charge in [0.1, 0.15) is 12.2 Å². The number of aromatic nitrogens is 2. The Kier molecular flexibility index (Phi) is 1.96. The van der Waals surface area contributed by atoms with Gasteiger partial charge in [0, 0.05) is 17.3 Å². The number of carboxylic acid groups (broad SMARTS) is 1. The van der Waals surface area contributed by atoms with Crippen LogP contribution in [0.15, 0.2) is 24.4 Å². The molecule has 0 bridgehead atoms. The summed E-state index contributed by atoms with van der Waals surface area (Å²) in [5, 5.41) is 9.63. The third-order valence-corrected chi connectivity index (χ3v) is 2.06. The zero-order valence-corrected chi connectivity index (χ0v) is 7.77. The zero-order valence-electron chi connectivity index (χ0n) is 7.77. The minimum Gasteiger partial charge on any atom is -0.480 e. The average Bonchev–Trinajstić information content (AvgIpc) is 2.47. The van der Waals surface area contributed by atoms with Crippen molar-refractivity contribution in [2.24, 2.45) is 0 Å². The third kappa shape index (κ3) is 1.46. The second kappa shape index (κ2) is 3.14. The highest BCUT2D eigenvalue weighted by Crippen LogP contribution is 2.13. The first kappa shape index (κ1) is 8.74. The topological polar surface area (TPSA) is 55.1 Å². The van der Waals surface area contributed by atoms with E-state index in [9.17, 15) is 4.79 Å². The molecular weight excluding hydrogens is 180 g/mol. The van der Waals surface area contributed by atoms with Crippen molar-refractivity contribution in [2.45, 2.75) is 13.5 Å². The van der Waals surface area contributed by atoms with Crippen LogP contribution in [-0.2, 0) is 11.3 Å². The van der Waals surface area contributed by atoms with Gasteiger partial charge in [-0.3, -0.25) is 4.79 Å². The van der Waals surface area contributed by atoms with E-state index in [-0.39, 0.29) is 6.54 Å². The van der Waals surface area contributed by atoms with E-state index in [1.54, 1.807) is 10.8 Å². The highest BCUT2D eigenvalue weighted by atomic mass is 16.4. The van der Waals surface area contributed by atoms with E-state index in [1.807, 2.05) is 25.1 Å². The van der Waals surface area contributed by atoms with Crippen molar-refractivity contribution in [1.29, 1.82) is 0 Å². The van der Waals surface area contributed by atoms with Crippen LogP contribution in [0.25, 0.3) is 11.0 Å². The van der Waals surface area contributed by atoms with Crippen LogP contribution in [0.4, 0.5) is 0 Å². The number of nitrogens with zero attached hydrogens (tertiary/aromatic N) is 2. The van der Waals surface area contributed by atoms with Crippen molar-refractivity contribution in [2.75, 3.05) is 0 Å². The molecule has 14 heavy (non-hydrogen) atoms. The normalized spacial score (nSPS) is 10.6. The van der Waals surface area contributed by atoms with Gasteiger partial charge in [-0.15, -0.1) is 0 Å². The largest absolute Gasteiger partial charge is 0.480 e. The summed E-state index contributed by atoms with van der Waals surface area (Å²) in [4.78, 5) is 14.8. The lowest BCUT2D eigenvalue weighted by molar-refractivity contribution is -0.137. The third-order valence-electron chi connectivity index (χ3n) is 2.06. The Labute approximate surface area is 80.8 Å². The number of fused-ring (bicyclic) bond motifs is 1. The van der Waals surface area contributed by atoms with E-state index >= 15 is 0 Å². The van der Waals surface area contributed by atoms with Gasteiger partial charge in [0.05, 0.1) is 0 Å². The van der Waals surface area contributed by atoms with E-state index < -0.39 is 5.97 Å². The number of pyridine rings is 1. The van der Waals surface area contributed by atoms with Crippen LogP contribution in [0, 0.1) is 6.92 Å².